The molecule has 0 spiro atoms. The maximum absolute atomic E-state index is 6.25. The van der Waals surface area contributed by atoms with E-state index in [1.165, 1.54) is 11.1 Å². The second-order valence-corrected chi connectivity index (χ2v) is 7.29. The summed E-state index contributed by atoms with van der Waals surface area (Å²) in [6.07, 6.45) is 2.58. The minimum atomic E-state index is 0.264. The first kappa shape index (κ1) is 19.9. The zero-order valence-electron chi connectivity index (χ0n) is 16.8. The minimum Gasteiger partial charge on any atom is -0.495 e. The molecule has 0 saturated heterocycles. The van der Waals surface area contributed by atoms with Crippen molar-refractivity contribution < 1.29 is 9.15 Å². The van der Waals surface area contributed by atoms with Crippen molar-refractivity contribution in [3.63, 3.8) is 0 Å². The maximum Gasteiger partial charge on any atom is 0.214 e. The van der Waals surface area contributed by atoms with Crippen molar-refractivity contribution in [2.75, 3.05) is 19.1 Å². The molecule has 5 nitrogen and oxygen atoms in total. The Hall–Kier alpha value is -3.44. The highest BCUT2D eigenvalue weighted by molar-refractivity contribution is 6.31. The monoisotopic (exact) mass is 419 g/mol. The Morgan fingerprint density at radius 3 is 2.60 bits per heavy atom. The third-order valence-corrected chi connectivity index (χ3v) is 5.17. The van der Waals surface area contributed by atoms with Crippen molar-refractivity contribution >= 4 is 39.9 Å². The Morgan fingerprint density at radius 2 is 1.87 bits per heavy atom. The van der Waals surface area contributed by atoms with Gasteiger partial charge in [0.15, 0.2) is 0 Å². The predicted molar refractivity (Wildman–Crippen MR) is 123 cm³/mol. The lowest BCUT2D eigenvalue weighted by atomic mass is 10.0. The average molecular weight is 420 g/mol. The van der Waals surface area contributed by atoms with E-state index in [2.05, 4.69) is 29.3 Å². The lowest BCUT2D eigenvalue weighted by Crippen LogP contribution is -2.33. The van der Waals surface area contributed by atoms with Crippen LogP contribution in [-0.2, 0) is 6.42 Å². The zero-order valence-corrected chi connectivity index (χ0v) is 17.6. The highest BCUT2D eigenvalue weighted by Crippen LogP contribution is 2.40. The molecule has 2 N–H and O–H groups in total. The number of hydrogen-bond acceptors (Lipinski definition) is 3. The van der Waals surface area contributed by atoms with Crippen LogP contribution in [0.15, 0.2) is 82.4 Å². The second kappa shape index (κ2) is 8.51. The molecule has 0 radical (unpaired) electrons. The summed E-state index contributed by atoms with van der Waals surface area (Å²) in [7, 11) is 3.22. The van der Waals surface area contributed by atoms with E-state index in [0.29, 0.717) is 22.3 Å². The van der Waals surface area contributed by atoms with Crippen LogP contribution >= 0.6 is 11.6 Å². The number of furan rings is 1. The molecule has 4 aromatic rings. The van der Waals surface area contributed by atoms with Gasteiger partial charge in [0.25, 0.3) is 0 Å². The Morgan fingerprint density at radius 1 is 1.07 bits per heavy atom. The molecule has 0 saturated carbocycles. The van der Waals surface area contributed by atoms with E-state index in [4.69, 9.17) is 26.5 Å². The van der Waals surface area contributed by atoms with E-state index in [0.717, 1.165) is 17.2 Å². The third-order valence-electron chi connectivity index (χ3n) is 4.94. The van der Waals surface area contributed by atoms with Crippen LogP contribution in [0.3, 0.4) is 0 Å². The fourth-order valence-corrected chi connectivity index (χ4v) is 3.64. The number of benzene rings is 3. The molecule has 1 aromatic heterocycles. The van der Waals surface area contributed by atoms with E-state index < -0.39 is 0 Å². The molecule has 152 valence electrons. The summed E-state index contributed by atoms with van der Waals surface area (Å²) < 4.78 is 11.5. The molecule has 30 heavy (non-hydrogen) atoms. The number of hydrogen-bond donors (Lipinski definition) is 1. The smallest absolute Gasteiger partial charge is 0.214 e. The van der Waals surface area contributed by atoms with E-state index in [9.17, 15) is 0 Å². The Balaban J connectivity index is 1.79. The van der Waals surface area contributed by atoms with Gasteiger partial charge in [0.05, 0.1) is 12.8 Å². The summed E-state index contributed by atoms with van der Waals surface area (Å²) in [5.41, 5.74) is 9.36. The molecule has 0 aliphatic rings. The van der Waals surface area contributed by atoms with Crippen LogP contribution in [0.5, 0.6) is 5.75 Å². The van der Waals surface area contributed by atoms with Gasteiger partial charge in [-0.3, -0.25) is 4.99 Å². The van der Waals surface area contributed by atoms with Crippen LogP contribution in [0.2, 0.25) is 5.02 Å². The average Bonchev–Trinajstić information content (AvgIpc) is 3.17. The van der Waals surface area contributed by atoms with Gasteiger partial charge in [0, 0.05) is 22.8 Å². The summed E-state index contributed by atoms with van der Waals surface area (Å²) in [5.74, 6) is 1.43. The van der Waals surface area contributed by atoms with Crippen molar-refractivity contribution in [1.82, 2.24) is 0 Å². The number of anilines is 2. The maximum atomic E-state index is 6.25. The Kier molecular flexibility index (Phi) is 5.63. The van der Waals surface area contributed by atoms with Crippen molar-refractivity contribution in [3.8, 4) is 5.75 Å². The molecule has 0 atom stereocenters. The molecule has 0 bridgehead atoms. The van der Waals surface area contributed by atoms with E-state index in [-0.39, 0.29) is 5.96 Å². The van der Waals surface area contributed by atoms with Crippen molar-refractivity contribution in [3.05, 3.63) is 89.1 Å². The van der Waals surface area contributed by atoms with E-state index >= 15 is 0 Å². The van der Waals surface area contributed by atoms with Gasteiger partial charge in [0.1, 0.15) is 12.0 Å². The molecule has 0 unspecified atom stereocenters. The minimum absolute atomic E-state index is 0.264. The third kappa shape index (κ3) is 3.84. The lowest BCUT2D eigenvalue weighted by Gasteiger charge is -2.23. The van der Waals surface area contributed by atoms with Gasteiger partial charge >= 0.3 is 0 Å². The SMILES string of the molecule is CN=C(N)N(c1cc(Cl)ccc1OC)c1occ2cc(Cc3ccccc3)ccc12. The fraction of sp³-hybridized carbons (Fsp3) is 0.125. The molecule has 3 aromatic carbocycles. The van der Waals surface area contributed by atoms with Crippen LogP contribution in [-0.4, -0.2) is 20.1 Å². The van der Waals surface area contributed by atoms with Gasteiger partial charge in [0.2, 0.25) is 11.8 Å². The Labute approximate surface area is 180 Å². The number of aliphatic imine (C=N–C) groups is 1. The van der Waals surface area contributed by atoms with Crippen molar-refractivity contribution in [1.29, 1.82) is 0 Å². The van der Waals surface area contributed by atoms with Crippen LogP contribution in [0, 0.1) is 0 Å². The molecular weight excluding hydrogens is 398 g/mol. The molecule has 0 aliphatic carbocycles. The topological polar surface area (TPSA) is 64.0 Å². The van der Waals surface area contributed by atoms with Crippen LogP contribution in [0.1, 0.15) is 11.1 Å². The predicted octanol–water partition coefficient (Wildman–Crippen LogP) is 5.77. The standard InChI is InChI=1S/C24H22ClN3O2/c1-27-24(26)28(21-14-19(25)9-11-22(21)29-2)23-20-10-8-17(13-18(20)15-30-23)12-16-6-4-3-5-7-16/h3-11,13-15H,12H2,1-2H3,(H2,26,27). The largest absolute Gasteiger partial charge is 0.495 e. The van der Waals surface area contributed by atoms with Crippen LogP contribution < -0.4 is 15.4 Å². The number of rotatable bonds is 5. The first-order valence-electron chi connectivity index (χ1n) is 9.50. The number of ether oxygens (including phenoxy) is 1. The summed E-state index contributed by atoms with van der Waals surface area (Å²) in [6.45, 7) is 0. The van der Waals surface area contributed by atoms with Gasteiger partial charge in [-0.1, -0.05) is 48.0 Å². The lowest BCUT2D eigenvalue weighted by molar-refractivity contribution is 0.415. The van der Waals surface area contributed by atoms with Gasteiger partial charge in [-0.2, -0.15) is 0 Å². The molecular formula is C24H22ClN3O2. The number of guanidine groups is 1. The van der Waals surface area contributed by atoms with E-state index in [1.54, 1.807) is 43.5 Å². The van der Waals surface area contributed by atoms with Crippen molar-refractivity contribution in [2.24, 2.45) is 10.7 Å². The summed E-state index contributed by atoms with van der Waals surface area (Å²) in [5, 5.41) is 2.45. The zero-order chi connectivity index (χ0) is 21.1. The highest BCUT2D eigenvalue weighted by atomic mass is 35.5. The molecule has 0 fully saturated rings. The first-order valence-corrected chi connectivity index (χ1v) is 9.88. The number of halogens is 1. The van der Waals surface area contributed by atoms with Gasteiger partial charge in [-0.15, -0.1) is 0 Å². The number of nitrogens with two attached hydrogens (primary N) is 1. The van der Waals surface area contributed by atoms with Crippen LogP contribution in [0.25, 0.3) is 10.8 Å². The molecule has 4 rings (SSSR count). The van der Waals surface area contributed by atoms with Gasteiger partial charge in [-0.25, -0.2) is 4.90 Å². The second-order valence-electron chi connectivity index (χ2n) is 6.86. The van der Waals surface area contributed by atoms with Gasteiger partial charge in [-0.05, 0) is 47.9 Å². The molecule has 0 amide bonds. The number of methoxy groups -OCH3 is 1. The summed E-state index contributed by atoms with van der Waals surface area (Å²) >= 11 is 6.25. The number of fused-ring (bicyclic) bond motifs is 1. The fourth-order valence-electron chi connectivity index (χ4n) is 3.48. The molecule has 0 aliphatic heterocycles. The normalized spacial score (nSPS) is 11.6. The first-order chi connectivity index (χ1) is 14.6. The quantitative estimate of drug-likeness (QED) is 0.329. The summed E-state index contributed by atoms with van der Waals surface area (Å²) in [6, 6.07) is 22.0. The summed E-state index contributed by atoms with van der Waals surface area (Å²) in [4.78, 5) is 5.88. The highest BCUT2D eigenvalue weighted by Gasteiger charge is 2.23. The van der Waals surface area contributed by atoms with Crippen LogP contribution in [0.4, 0.5) is 11.6 Å². The van der Waals surface area contributed by atoms with Crippen molar-refractivity contribution in [2.45, 2.75) is 6.42 Å². The molecule has 1 heterocycles. The molecule has 6 heteroatoms. The van der Waals surface area contributed by atoms with Gasteiger partial charge < -0.3 is 14.9 Å². The van der Waals surface area contributed by atoms with E-state index in [1.807, 2.05) is 24.3 Å². The number of nitrogens with zero attached hydrogens (tertiary/aromatic N) is 2. The Bertz CT molecular complexity index is 1200.